The fourth-order valence-corrected chi connectivity index (χ4v) is 5.86. The summed E-state index contributed by atoms with van der Waals surface area (Å²) in [4.78, 5) is 28.8. The second-order valence-corrected chi connectivity index (χ2v) is 9.32. The van der Waals surface area contributed by atoms with Crippen LogP contribution in [0.5, 0.6) is 0 Å². The number of nitrogens with zero attached hydrogens (tertiary/aromatic N) is 2. The van der Waals surface area contributed by atoms with E-state index in [0.29, 0.717) is 26.4 Å². The van der Waals surface area contributed by atoms with E-state index in [4.69, 9.17) is 11.6 Å². The van der Waals surface area contributed by atoms with Gasteiger partial charge in [-0.3, -0.25) is 13.9 Å². The van der Waals surface area contributed by atoms with E-state index in [2.05, 4.69) is 0 Å². The van der Waals surface area contributed by atoms with Gasteiger partial charge in [0.05, 0.1) is 18.5 Å². The lowest BCUT2D eigenvalue weighted by Gasteiger charge is -2.14. The molecule has 0 saturated heterocycles. The molecule has 0 unspecified atom stereocenters. The van der Waals surface area contributed by atoms with Crippen LogP contribution in [0.3, 0.4) is 0 Å². The maximum Gasteiger partial charge on any atom is 0.332 e. The van der Waals surface area contributed by atoms with Gasteiger partial charge in [0.1, 0.15) is 10.6 Å². The molecule has 4 aromatic rings. The summed E-state index contributed by atoms with van der Waals surface area (Å²) in [5.74, 6) is -0.368. The van der Waals surface area contributed by atoms with Crippen molar-refractivity contribution in [3.8, 4) is 0 Å². The van der Waals surface area contributed by atoms with Crippen LogP contribution in [0.15, 0.2) is 58.1 Å². The topological polar surface area (TPSA) is 44.0 Å². The SMILES string of the molecule is O=c1c2c3c(sc2n(Cc2ccccc2F)c(=O)n1Cc1ccccc1Cl)CCCC3. The van der Waals surface area contributed by atoms with E-state index in [9.17, 15) is 14.0 Å². The van der Waals surface area contributed by atoms with Crippen molar-refractivity contribution in [1.29, 1.82) is 0 Å². The van der Waals surface area contributed by atoms with Gasteiger partial charge in [-0.2, -0.15) is 0 Å². The van der Waals surface area contributed by atoms with E-state index >= 15 is 0 Å². The molecule has 1 aliphatic carbocycles. The molecule has 158 valence electrons. The van der Waals surface area contributed by atoms with Crippen molar-refractivity contribution >= 4 is 33.2 Å². The summed E-state index contributed by atoms with van der Waals surface area (Å²) >= 11 is 7.81. The number of fused-ring (bicyclic) bond motifs is 3. The molecule has 0 amide bonds. The second-order valence-electron chi connectivity index (χ2n) is 7.83. The molecule has 0 fully saturated rings. The van der Waals surface area contributed by atoms with Crippen molar-refractivity contribution in [1.82, 2.24) is 9.13 Å². The number of hydrogen-bond donors (Lipinski definition) is 0. The van der Waals surface area contributed by atoms with E-state index in [1.54, 1.807) is 28.8 Å². The lowest BCUT2D eigenvalue weighted by atomic mass is 9.97. The van der Waals surface area contributed by atoms with Gasteiger partial charge in [-0.1, -0.05) is 48.0 Å². The van der Waals surface area contributed by atoms with Crippen molar-refractivity contribution in [2.45, 2.75) is 38.8 Å². The van der Waals surface area contributed by atoms with Gasteiger partial charge in [0.15, 0.2) is 0 Å². The predicted molar refractivity (Wildman–Crippen MR) is 123 cm³/mol. The van der Waals surface area contributed by atoms with Crippen LogP contribution in [0.2, 0.25) is 5.02 Å². The van der Waals surface area contributed by atoms with E-state index in [0.717, 1.165) is 36.1 Å². The molecule has 1 aliphatic rings. The number of thiophene rings is 1. The Morgan fingerprint density at radius 3 is 2.35 bits per heavy atom. The average molecular weight is 455 g/mol. The van der Waals surface area contributed by atoms with Gasteiger partial charge >= 0.3 is 5.69 Å². The van der Waals surface area contributed by atoms with Crippen LogP contribution in [-0.4, -0.2) is 9.13 Å². The van der Waals surface area contributed by atoms with Gasteiger partial charge in [-0.25, -0.2) is 9.18 Å². The second kappa shape index (κ2) is 8.09. The van der Waals surface area contributed by atoms with Crippen molar-refractivity contribution in [3.63, 3.8) is 0 Å². The van der Waals surface area contributed by atoms with Gasteiger partial charge in [0.2, 0.25) is 0 Å². The first-order valence-corrected chi connectivity index (χ1v) is 11.5. The minimum absolute atomic E-state index is 0.0736. The molecule has 0 spiro atoms. The highest BCUT2D eigenvalue weighted by Gasteiger charge is 2.24. The summed E-state index contributed by atoms with van der Waals surface area (Å²) in [5, 5.41) is 1.10. The van der Waals surface area contributed by atoms with Crippen LogP contribution in [-0.2, 0) is 25.9 Å². The van der Waals surface area contributed by atoms with E-state index < -0.39 is 5.69 Å². The number of aryl methyl sites for hydroxylation is 2. The summed E-state index contributed by atoms with van der Waals surface area (Å²) in [6.07, 6.45) is 3.83. The number of rotatable bonds is 4. The molecule has 31 heavy (non-hydrogen) atoms. The quantitative estimate of drug-likeness (QED) is 0.436. The first-order chi connectivity index (χ1) is 15.0. The zero-order valence-corrected chi connectivity index (χ0v) is 18.3. The highest BCUT2D eigenvalue weighted by molar-refractivity contribution is 7.18. The molecule has 2 heterocycles. The molecule has 0 N–H and O–H groups in total. The molecule has 0 saturated carbocycles. The highest BCUT2D eigenvalue weighted by Crippen LogP contribution is 2.34. The standard InChI is InChI=1S/C24H20ClFN2O2S/c25-18-10-4-1-7-15(18)13-27-22(29)21-17-9-3-6-12-20(17)31-23(21)28(24(27)30)14-16-8-2-5-11-19(16)26/h1-2,4-5,7-8,10-11H,3,6,9,12-14H2. The minimum atomic E-state index is -0.445. The normalized spacial score (nSPS) is 13.5. The number of hydrogen-bond acceptors (Lipinski definition) is 3. The third-order valence-corrected chi connectivity index (χ3v) is 7.57. The van der Waals surface area contributed by atoms with Crippen LogP contribution < -0.4 is 11.2 Å². The third kappa shape index (κ3) is 3.54. The van der Waals surface area contributed by atoms with Gasteiger partial charge in [-0.05, 0) is 48.9 Å². The van der Waals surface area contributed by atoms with Crippen molar-refractivity contribution < 1.29 is 4.39 Å². The Bertz CT molecular complexity index is 1420. The molecule has 0 radical (unpaired) electrons. The van der Waals surface area contributed by atoms with Crippen molar-refractivity contribution in [3.05, 3.63) is 102 Å². The van der Waals surface area contributed by atoms with Crippen LogP contribution >= 0.6 is 22.9 Å². The van der Waals surface area contributed by atoms with Crippen LogP contribution in [0, 0.1) is 5.82 Å². The minimum Gasteiger partial charge on any atom is -0.280 e. The summed E-state index contributed by atoms with van der Waals surface area (Å²) in [7, 11) is 0. The molecule has 2 aromatic carbocycles. The van der Waals surface area contributed by atoms with Crippen molar-refractivity contribution in [2.24, 2.45) is 0 Å². The van der Waals surface area contributed by atoms with Crippen LogP contribution in [0.1, 0.15) is 34.4 Å². The number of benzene rings is 2. The average Bonchev–Trinajstić information content (AvgIpc) is 3.16. The summed E-state index contributed by atoms with van der Waals surface area (Å²) in [6.45, 7) is 0.152. The molecule has 7 heteroatoms. The maximum atomic E-state index is 14.4. The Morgan fingerprint density at radius 1 is 0.903 bits per heavy atom. The molecule has 4 nitrogen and oxygen atoms in total. The maximum absolute atomic E-state index is 14.4. The van der Waals surface area contributed by atoms with E-state index in [1.165, 1.54) is 22.0 Å². The van der Waals surface area contributed by atoms with E-state index in [1.807, 2.05) is 18.2 Å². The number of aromatic nitrogens is 2. The van der Waals surface area contributed by atoms with Gasteiger partial charge in [-0.15, -0.1) is 11.3 Å². The highest BCUT2D eigenvalue weighted by atomic mass is 35.5. The number of halogens is 2. The molecule has 0 aliphatic heterocycles. The summed E-state index contributed by atoms with van der Waals surface area (Å²) < 4.78 is 17.2. The van der Waals surface area contributed by atoms with Crippen molar-refractivity contribution in [2.75, 3.05) is 0 Å². The zero-order chi connectivity index (χ0) is 21.5. The Labute approximate surface area is 187 Å². The molecule has 0 bridgehead atoms. The Balaban J connectivity index is 1.77. The largest absolute Gasteiger partial charge is 0.332 e. The first kappa shape index (κ1) is 20.2. The van der Waals surface area contributed by atoms with Gasteiger partial charge in [0.25, 0.3) is 5.56 Å². The van der Waals surface area contributed by atoms with Crippen LogP contribution in [0.25, 0.3) is 10.2 Å². The predicted octanol–water partition coefficient (Wildman–Crippen LogP) is 4.99. The fraction of sp³-hybridized carbons (Fsp3) is 0.250. The fourth-order valence-electron chi connectivity index (χ4n) is 4.29. The summed E-state index contributed by atoms with van der Waals surface area (Å²) in [5.41, 5.74) is 1.43. The van der Waals surface area contributed by atoms with Crippen LogP contribution in [0.4, 0.5) is 4.39 Å². The monoisotopic (exact) mass is 454 g/mol. The molecule has 2 aromatic heterocycles. The van der Waals surface area contributed by atoms with Gasteiger partial charge < -0.3 is 0 Å². The Hall–Kier alpha value is -2.70. The Morgan fingerprint density at radius 2 is 1.58 bits per heavy atom. The Kier molecular flexibility index (Phi) is 5.28. The first-order valence-electron chi connectivity index (χ1n) is 10.3. The van der Waals surface area contributed by atoms with E-state index in [-0.39, 0.29) is 24.5 Å². The molecule has 5 rings (SSSR count). The van der Waals surface area contributed by atoms with Gasteiger partial charge in [0, 0.05) is 15.5 Å². The lowest BCUT2D eigenvalue weighted by molar-refractivity contribution is 0.585. The lowest BCUT2D eigenvalue weighted by Crippen LogP contribution is -2.40. The molecular weight excluding hydrogens is 435 g/mol. The summed E-state index contributed by atoms with van der Waals surface area (Å²) in [6, 6.07) is 13.6. The third-order valence-electron chi connectivity index (χ3n) is 5.89. The molecule has 0 atom stereocenters. The zero-order valence-electron chi connectivity index (χ0n) is 16.7. The smallest absolute Gasteiger partial charge is 0.280 e. The molecular formula is C24H20ClFN2O2S.